The molecule has 48 valence electrons. The van der Waals surface area contributed by atoms with E-state index < -0.39 is 5.97 Å². The van der Waals surface area contributed by atoms with E-state index >= 15 is 0 Å². The Hall–Kier alpha value is -0.570. The van der Waals surface area contributed by atoms with Crippen LogP contribution in [-0.4, -0.2) is 24.2 Å². The van der Waals surface area contributed by atoms with Crippen LogP contribution in [0.2, 0.25) is 0 Å². The normalized spacial score (nSPS) is 9.12. The van der Waals surface area contributed by atoms with Gasteiger partial charge in [0.1, 0.15) is 0 Å². The standard InChI is InChI=1S/C5H11NO2/c1-2-3-6-4-5(7)8/h6H,2-4H2,1H3,(H,7,8)/p+1. The van der Waals surface area contributed by atoms with Crippen molar-refractivity contribution in [1.82, 2.24) is 0 Å². The van der Waals surface area contributed by atoms with E-state index in [9.17, 15) is 4.79 Å². The molecule has 0 atom stereocenters. The Labute approximate surface area is 48.7 Å². The van der Waals surface area contributed by atoms with Crippen LogP contribution in [0.25, 0.3) is 0 Å². The summed E-state index contributed by atoms with van der Waals surface area (Å²) in [5.74, 6) is -0.738. The molecule has 8 heavy (non-hydrogen) atoms. The number of rotatable bonds is 4. The smallest absolute Gasteiger partial charge is 0.359 e. The van der Waals surface area contributed by atoms with E-state index in [1.165, 1.54) is 0 Å². The number of quaternary nitrogens is 1. The summed E-state index contributed by atoms with van der Waals surface area (Å²) in [5, 5.41) is 9.89. The van der Waals surface area contributed by atoms with E-state index in [0.29, 0.717) is 0 Å². The van der Waals surface area contributed by atoms with Crippen molar-refractivity contribution < 1.29 is 15.2 Å². The van der Waals surface area contributed by atoms with Crippen LogP contribution in [-0.2, 0) is 4.79 Å². The molecule has 0 aromatic carbocycles. The van der Waals surface area contributed by atoms with E-state index in [2.05, 4.69) is 0 Å². The van der Waals surface area contributed by atoms with Gasteiger partial charge in [0.05, 0.1) is 6.54 Å². The lowest BCUT2D eigenvalue weighted by atomic mass is 10.5. The summed E-state index contributed by atoms with van der Waals surface area (Å²) in [6, 6.07) is 0. The zero-order valence-electron chi connectivity index (χ0n) is 5.05. The molecule has 3 heteroatoms. The van der Waals surface area contributed by atoms with Crippen LogP contribution < -0.4 is 5.32 Å². The molecule has 0 unspecified atom stereocenters. The molecule has 0 aromatic heterocycles. The van der Waals surface area contributed by atoms with E-state index in [1.54, 1.807) is 5.32 Å². The van der Waals surface area contributed by atoms with Crippen molar-refractivity contribution in [2.45, 2.75) is 13.3 Å². The topological polar surface area (TPSA) is 53.9 Å². The van der Waals surface area contributed by atoms with E-state index in [0.717, 1.165) is 13.0 Å². The highest BCUT2D eigenvalue weighted by Gasteiger charge is 1.94. The lowest BCUT2D eigenvalue weighted by molar-refractivity contribution is -0.645. The van der Waals surface area contributed by atoms with Crippen LogP contribution >= 0.6 is 0 Å². The molecule has 0 spiro atoms. The molecule has 0 amide bonds. The van der Waals surface area contributed by atoms with Crippen molar-refractivity contribution in [2.24, 2.45) is 0 Å². The number of carboxylic acids is 1. The first-order valence-corrected chi connectivity index (χ1v) is 2.80. The van der Waals surface area contributed by atoms with Crippen molar-refractivity contribution in [2.75, 3.05) is 13.1 Å². The molecule has 0 aliphatic heterocycles. The first kappa shape index (κ1) is 7.43. The van der Waals surface area contributed by atoms with Gasteiger partial charge in [0.25, 0.3) is 0 Å². The van der Waals surface area contributed by atoms with Gasteiger partial charge >= 0.3 is 5.97 Å². The largest absolute Gasteiger partial charge is 0.477 e. The number of aliphatic carboxylic acids is 1. The first-order valence-electron chi connectivity index (χ1n) is 2.80. The van der Waals surface area contributed by atoms with Crippen LogP contribution in [0.4, 0.5) is 0 Å². The molecule has 0 fully saturated rings. The third-order valence-corrected chi connectivity index (χ3v) is 0.812. The number of nitrogens with two attached hydrogens (primary N) is 1. The fourth-order valence-electron chi connectivity index (χ4n) is 0.430. The van der Waals surface area contributed by atoms with Crippen LogP contribution in [0.15, 0.2) is 0 Å². The van der Waals surface area contributed by atoms with Crippen molar-refractivity contribution in [1.29, 1.82) is 0 Å². The summed E-state index contributed by atoms with van der Waals surface area (Å²) < 4.78 is 0. The summed E-state index contributed by atoms with van der Waals surface area (Å²) in [6.07, 6.45) is 1.03. The van der Waals surface area contributed by atoms with Gasteiger partial charge in [-0.05, 0) is 6.42 Å². The first-order chi connectivity index (χ1) is 3.77. The molecule has 0 aromatic rings. The monoisotopic (exact) mass is 118 g/mol. The van der Waals surface area contributed by atoms with Gasteiger partial charge in [-0.3, -0.25) is 0 Å². The van der Waals surface area contributed by atoms with Gasteiger partial charge in [-0.2, -0.15) is 0 Å². The lowest BCUT2D eigenvalue weighted by Gasteiger charge is -1.91. The summed E-state index contributed by atoms with van der Waals surface area (Å²) in [7, 11) is 0. The Morgan fingerprint density at radius 3 is 2.75 bits per heavy atom. The van der Waals surface area contributed by atoms with Crippen LogP contribution in [0.5, 0.6) is 0 Å². The van der Waals surface area contributed by atoms with Gasteiger partial charge < -0.3 is 10.4 Å². The number of carboxylic acid groups (broad SMARTS) is 1. The second-order valence-electron chi connectivity index (χ2n) is 1.68. The second kappa shape index (κ2) is 4.59. The summed E-state index contributed by atoms with van der Waals surface area (Å²) in [6.45, 7) is 3.14. The Morgan fingerprint density at radius 2 is 2.38 bits per heavy atom. The minimum Gasteiger partial charge on any atom is -0.477 e. The highest BCUT2D eigenvalue weighted by molar-refractivity contribution is 5.67. The maximum atomic E-state index is 9.84. The number of carbonyl (C=O) groups is 1. The molecule has 3 nitrogen and oxygen atoms in total. The maximum absolute atomic E-state index is 9.84. The number of hydrogen-bond donors (Lipinski definition) is 2. The minimum atomic E-state index is -0.738. The average Bonchev–Trinajstić information content (AvgIpc) is 1.66. The van der Waals surface area contributed by atoms with Gasteiger partial charge in [-0.25, -0.2) is 4.79 Å². The maximum Gasteiger partial charge on any atom is 0.359 e. The van der Waals surface area contributed by atoms with Crippen molar-refractivity contribution >= 4 is 5.97 Å². The second-order valence-corrected chi connectivity index (χ2v) is 1.68. The molecule has 0 heterocycles. The SMILES string of the molecule is CCC[NH2+]CC(=O)O. The Bertz CT molecular complexity index is 72.8. The molecule has 0 radical (unpaired) electrons. The van der Waals surface area contributed by atoms with E-state index in [1.807, 2.05) is 6.92 Å². The average molecular weight is 118 g/mol. The van der Waals surface area contributed by atoms with Crippen molar-refractivity contribution in [3.8, 4) is 0 Å². The van der Waals surface area contributed by atoms with Crippen LogP contribution in [0.3, 0.4) is 0 Å². The van der Waals surface area contributed by atoms with Gasteiger partial charge in [-0.15, -0.1) is 0 Å². The predicted octanol–water partition coefficient (Wildman–Crippen LogP) is -0.956. The van der Waals surface area contributed by atoms with Gasteiger partial charge in [0.2, 0.25) is 0 Å². The predicted molar refractivity (Wildman–Crippen MR) is 29.6 cm³/mol. The fraction of sp³-hybridized carbons (Fsp3) is 0.800. The zero-order valence-corrected chi connectivity index (χ0v) is 5.05. The minimum absolute atomic E-state index is 0.202. The molecule has 0 saturated carbocycles. The summed E-state index contributed by atoms with van der Waals surface area (Å²) in [5.41, 5.74) is 0. The van der Waals surface area contributed by atoms with Crippen molar-refractivity contribution in [3.05, 3.63) is 0 Å². The zero-order chi connectivity index (χ0) is 6.41. The molecule has 0 aliphatic carbocycles. The molecule has 0 aliphatic rings. The lowest BCUT2D eigenvalue weighted by Crippen LogP contribution is -2.85. The van der Waals surface area contributed by atoms with Crippen LogP contribution in [0.1, 0.15) is 13.3 Å². The molecule has 0 rings (SSSR count). The molecule has 0 saturated heterocycles. The van der Waals surface area contributed by atoms with E-state index in [4.69, 9.17) is 5.11 Å². The van der Waals surface area contributed by atoms with Crippen LogP contribution in [0, 0.1) is 0 Å². The third kappa shape index (κ3) is 5.43. The Balaban J connectivity index is 2.82. The quantitative estimate of drug-likeness (QED) is 0.467. The van der Waals surface area contributed by atoms with Gasteiger partial charge in [-0.1, -0.05) is 6.92 Å². The molecule has 0 bridgehead atoms. The highest BCUT2D eigenvalue weighted by atomic mass is 16.4. The Morgan fingerprint density at radius 1 is 1.75 bits per heavy atom. The van der Waals surface area contributed by atoms with Gasteiger partial charge in [0, 0.05) is 0 Å². The van der Waals surface area contributed by atoms with Gasteiger partial charge in [0.15, 0.2) is 6.54 Å². The number of hydrogen-bond acceptors (Lipinski definition) is 1. The highest BCUT2D eigenvalue weighted by Crippen LogP contribution is 1.58. The third-order valence-electron chi connectivity index (χ3n) is 0.812. The molecular formula is C5H12NO2+. The van der Waals surface area contributed by atoms with Crippen molar-refractivity contribution in [3.63, 3.8) is 0 Å². The summed E-state index contributed by atoms with van der Waals surface area (Å²) >= 11 is 0. The molecular weight excluding hydrogens is 106 g/mol. The fourth-order valence-corrected chi connectivity index (χ4v) is 0.430. The molecule has 3 N–H and O–H groups in total. The summed E-state index contributed by atoms with van der Waals surface area (Å²) in [4.78, 5) is 9.84. The van der Waals surface area contributed by atoms with E-state index in [-0.39, 0.29) is 6.54 Å². The Kier molecular flexibility index (Phi) is 4.26.